The molecule has 1 rings (SSSR count). The van der Waals surface area contributed by atoms with E-state index in [9.17, 15) is 0 Å². The first-order valence-electron chi connectivity index (χ1n) is 5.71. The number of hydrogen-bond donors (Lipinski definition) is 0. The van der Waals surface area contributed by atoms with Crippen molar-refractivity contribution in [1.29, 1.82) is 0 Å². The number of aryl methyl sites for hydroxylation is 2. The third-order valence-electron chi connectivity index (χ3n) is 2.34. The molecule has 0 unspecified atom stereocenters. The zero-order valence-corrected chi connectivity index (χ0v) is 10.9. The predicted octanol–water partition coefficient (Wildman–Crippen LogP) is 2.34. The van der Waals surface area contributed by atoms with Gasteiger partial charge in [0.05, 0.1) is 18.0 Å². The molecule has 0 radical (unpaired) electrons. The maximum absolute atomic E-state index is 5.70. The van der Waals surface area contributed by atoms with Crippen molar-refractivity contribution < 1.29 is 4.74 Å². The minimum atomic E-state index is 0.734. The van der Waals surface area contributed by atoms with Gasteiger partial charge in [0.15, 0.2) is 5.75 Å². The van der Waals surface area contributed by atoms with Crippen LogP contribution >= 0.6 is 0 Å². The van der Waals surface area contributed by atoms with Gasteiger partial charge in [0.1, 0.15) is 0 Å². The Hall–Kier alpha value is -1.32. The van der Waals surface area contributed by atoms with Crippen molar-refractivity contribution in [3.8, 4) is 5.75 Å². The fourth-order valence-corrected chi connectivity index (χ4v) is 1.42. The summed E-state index contributed by atoms with van der Waals surface area (Å²) in [5.74, 6) is 1.57. The summed E-state index contributed by atoms with van der Waals surface area (Å²) in [6.07, 6.45) is 2.20. The van der Waals surface area contributed by atoms with Gasteiger partial charge in [0, 0.05) is 14.1 Å². The average molecular weight is 223 g/mol. The van der Waals surface area contributed by atoms with Crippen molar-refractivity contribution in [2.75, 3.05) is 25.6 Å². The van der Waals surface area contributed by atoms with Crippen LogP contribution in [0, 0.1) is 13.8 Å². The Morgan fingerprint density at radius 1 is 1.12 bits per heavy atom. The van der Waals surface area contributed by atoms with E-state index < -0.39 is 0 Å². The van der Waals surface area contributed by atoms with Gasteiger partial charge in [-0.05, 0) is 20.3 Å². The Labute approximate surface area is 97.7 Å². The van der Waals surface area contributed by atoms with Crippen LogP contribution in [-0.4, -0.2) is 30.7 Å². The third-order valence-corrected chi connectivity index (χ3v) is 2.34. The molecule has 0 N–H and O–H groups in total. The number of nitrogens with zero attached hydrogens (tertiary/aromatic N) is 3. The van der Waals surface area contributed by atoms with Crippen LogP contribution in [0.5, 0.6) is 5.75 Å². The molecule has 4 heteroatoms. The van der Waals surface area contributed by atoms with E-state index in [0.717, 1.165) is 42.5 Å². The van der Waals surface area contributed by atoms with E-state index in [4.69, 9.17) is 4.74 Å². The first-order valence-corrected chi connectivity index (χ1v) is 5.71. The summed E-state index contributed by atoms with van der Waals surface area (Å²) in [6, 6.07) is 0. The van der Waals surface area contributed by atoms with Gasteiger partial charge in [-0.1, -0.05) is 13.3 Å². The van der Waals surface area contributed by atoms with Crippen molar-refractivity contribution >= 4 is 5.95 Å². The van der Waals surface area contributed by atoms with Crippen LogP contribution < -0.4 is 9.64 Å². The van der Waals surface area contributed by atoms with E-state index in [-0.39, 0.29) is 0 Å². The van der Waals surface area contributed by atoms with Gasteiger partial charge in [0.2, 0.25) is 5.95 Å². The van der Waals surface area contributed by atoms with Crippen LogP contribution in [0.1, 0.15) is 31.2 Å². The molecule has 0 aliphatic carbocycles. The summed E-state index contributed by atoms with van der Waals surface area (Å²) in [6.45, 7) is 6.81. The lowest BCUT2D eigenvalue weighted by atomic mass is 10.3. The number of hydrogen-bond acceptors (Lipinski definition) is 4. The van der Waals surface area contributed by atoms with E-state index in [1.54, 1.807) is 0 Å². The molecule has 0 bridgehead atoms. The Morgan fingerprint density at radius 3 is 2.12 bits per heavy atom. The molecule has 0 amide bonds. The van der Waals surface area contributed by atoms with Gasteiger partial charge in [-0.2, -0.15) is 0 Å². The van der Waals surface area contributed by atoms with Crippen LogP contribution in [0.15, 0.2) is 0 Å². The highest BCUT2D eigenvalue weighted by molar-refractivity contribution is 5.39. The number of unbranched alkanes of at least 4 members (excludes halogenated alkanes) is 1. The van der Waals surface area contributed by atoms with E-state index in [0.29, 0.717) is 0 Å². The van der Waals surface area contributed by atoms with Crippen LogP contribution in [0.3, 0.4) is 0 Å². The lowest BCUT2D eigenvalue weighted by Crippen LogP contribution is -2.15. The summed E-state index contributed by atoms with van der Waals surface area (Å²) in [7, 11) is 3.87. The molecule has 0 atom stereocenters. The van der Waals surface area contributed by atoms with Crippen LogP contribution in [-0.2, 0) is 0 Å². The highest BCUT2D eigenvalue weighted by Crippen LogP contribution is 2.22. The molecular weight excluding hydrogens is 202 g/mol. The van der Waals surface area contributed by atoms with Crippen LogP contribution in [0.4, 0.5) is 5.95 Å². The summed E-state index contributed by atoms with van der Waals surface area (Å²) >= 11 is 0. The standard InChI is InChI=1S/C12H21N3O/c1-6-7-8-16-11-9(2)13-12(15(4)5)14-10(11)3/h6-8H2,1-5H3. The van der Waals surface area contributed by atoms with Gasteiger partial charge in [-0.25, -0.2) is 9.97 Å². The highest BCUT2D eigenvalue weighted by Gasteiger charge is 2.10. The zero-order chi connectivity index (χ0) is 12.1. The number of ether oxygens (including phenoxy) is 1. The Morgan fingerprint density at radius 2 is 1.69 bits per heavy atom. The second-order valence-corrected chi connectivity index (χ2v) is 4.12. The lowest BCUT2D eigenvalue weighted by molar-refractivity contribution is 0.302. The summed E-state index contributed by atoms with van der Waals surface area (Å²) in [4.78, 5) is 10.7. The molecule has 0 fully saturated rings. The smallest absolute Gasteiger partial charge is 0.225 e. The zero-order valence-electron chi connectivity index (χ0n) is 10.9. The maximum Gasteiger partial charge on any atom is 0.225 e. The van der Waals surface area contributed by atoms with E-state index in [2.05, 4.69) is 16.9 Å². The summed E-state index contributed by atoms with van der Waals surface area (Å²) < 4.78 is 5.70. The molecule has 0 spiro atoms. The van der Waals surface area contributed by atoms with Crippen LogP contribution in [0.25, 0.3) is 0 Å². The molecule has 0 aromatic carbocycles. The normalized spacial score (nSPS) is 10.3. The largest absolute Gasteiger partial charge is 0.490 e. The second kappa shape index (κ2) is 5.68. The van der Waals surface area contributed by atoms with Gasteiger partial charge in [-0.15, -0.1) is 0 Å². The van der Waals surface area contributed by atoms with Crippen molar-refractivity contribution in [3.05, 3.63) is 11.4 Å². The lowest BCUT2D eigenvalue weighted by Gasteiger charge is -2.15. The number of rotatable bonds is 5. The van der Waals surface area contributed by atoms with Gasteiger partial charge in [-0.3, -0.25) is 0 Å². The Balaban J connectivity index is 2.85. The Bertz CT molecular complexity index is 327. The topological polar surface area (TPSA) is 38.2 Å². The van der Waals surface area contributed by atoms with Gasteiger partial charge < -0.3 is 9.64 Å². The van der Waals surface area contributed by atoms with E-state index in [1.165, 1.54) is 0 Å². The first kappa shape index (κ1) is 12.7. The molecular formula is C12H21N3O. The predicted molar refractivity (Wildman–Crippen MR) is 66.2 cm³/mol. The monoisotopic (exact) mass is 223 g/mol. The highest BCUT2D eigenvalue weighted by atomic mass is 16.5. The number of anilines is 1. The third kappa shape index (κ3) is 3.08. The molecule has 1 heterocycles. The quantitative estimate of drug-likeness (QED) is 0.718. The molecule has 0 saturated heterocycles. The molecule has 0 aliphatic rings. The molecule has 90 valence electrons. The molecule has 0 aliphatic heterocycles. The minimum Gasteiger partial charge on any atom is -0.490 e. The van der Waals surface area contributed by atoms with Gasteiger partial charge in [0.25, 0.3) is 0 Å². The van der Waals surface area contributed by atoms with E-state index >= 15 is 0 Å². The van der Waals surface area contributed by atoms with Crippen molar-refractivity contribution in [3.63, 3.8) is 0 Å². The number of aromatic nitrogens is 2. The van der Waals surface area contributed by atoms with Crippen molar-refractivity contribution in [1.82, 2.24) is 9.97 Å². The first-order chi connectivity index (χ1) is 7.56. The Kier molecular flexibility index (Phi) is 4.52. The second-order valence-electron chi connectivity index (χ2n) is 4.12. The van der Waals surface area contributed by atoms with Gasteiger partial charge >= 0.3 is 0 Å². The summed E-state index contributed by atoms with van der Waals surface area (Å²) in [5, 5.41) is 0. The average Bonchev–Trinajstić information content (AvgIpc) is 2.21. The molecule has 0 saturated carbocycles. The van der Waals surface area contributed by atoms with Crippen molar-refractivity contribution in [2.45, 2.75) is 33.6 Å². The fourth-order valence-electron chi connectivity index (χ4n) is 1.42. The van der Waals surface area contributed by atoms with Crippen LogP contribution in [0.2, 0.25) is 0 Å². The van der Waals surface area contributed by atoms with E-state index in [1.807, 2.05) is 32.8 Å². The summed E-state index contributed by atoms with van der Waals surface area (Å²) in [5.41, 5.74) is 1.82. The fraction of sp³-hybridized carbons (Fsp3) is 0.667. The molecule has 16 heavy (non-hydrogen) atoms. The molecule has 4 nitrogen and oxygen atoms in total. The molecule has 1 aromatic rings. The minimum absolute atomic E-state index is 0.734. The molecule has 1 aromatic heterocycles. The SMILES string of the molecule is CCCCOc1c(C)nc(N(C)C)nc1C. The van der Waals surface area contributed by atoms with Crippen molar-refractivity contribution in [2.24, 2.45) is 0 Å². The maximum atomic E-state index is 5.70.